The van der Waals surface area contributed by atoms with Crippen molar-refractivity contribution in [2.24, 2.45) is 0 Å². The van der Waals surface area contributed by atoms with E-state index in [0.717, 1.165) is 10.0 Å². The summed E-state index contributed by atoms with van der Waals surface area (Å²) in [7, 11) is -3.59. The summed E-state index contributed by atoms with van der Waals surface area (Å²) in [6.07, 6.45) is 1.61. The molecule has 2 rings (SSSR count). The summed E-state index contributed by atoms with van der Waals surface area (Å²) >= 11 is 3.35. The first-order valence-electron chi connectivity index (χ1n) is 6.44. The highest BCUT2D eigenvalue weighted by Gasteiger charge is 2.21. The first-order valence-corrected chi connectivity index (χ1v) is 8.72. The number of rotatable bonds is 3. The first-order chi connectivity index (χ1) is 9.95. The summed E-state index contributed by atoms with van der Waals surface area (Å²) < 4.78 is 26.5. The van der Waals surface area contributed by atoms with Crippen molar-refractivity contribution in [2.75, 3.05) is 0 Å². The number of aryl methyl sites for hydroxylation is 1. The van der Waals surface area contributed by atoms with E-state index in [1.165, 1.54) is 0 Å². The second kappa shape index (κ2) is 6.44. The van der Waals surface area contributed by atoms with Crippen LogP contribution in [-0.2, 0) is 9.84 Å². The third-order valence-corrected chi connectivity index (χ3v) is 5.29. The van der Waals surface area contributed by atoms with E-state index in [4.69, 9.17) is 0 Å². The van der Waals surface area contributed by atoms with Gasteiger partial charge in [-0.25, -0.2) is 8.42 Å². The van der Waals surface area contributed by atoms with E-state index >= 15 is 0 Å². The van der Waals surface area contributed by atoms with Crippen LogP contribution in [0.25, 0.3) is 4.91 Å². The molecular weight excluding hydrogens is 348 g/mol. The highest BCUT2D eigenvalue weighted by molar-refractivity contribution is 9.10. The lowest BCUT2D eigenvalue weighted by atomic mass is 10.2. The van der Waals surface area contributed by atoms with Crippen LogP contribution in [0.3, 0.4) is 0 Å². The van der Waals surface area contributed by atoms with Crippen LogP contribution >= 0.6 is 15.9 Å². The minimum absolute atomic E-state index is 0.182. The molecule has 0 aliphatic rings. The van der Waals surface area contributed by atoms with Gasteiger partial charge in [-0.15, -0.1) is 5.73 Å². The van der Waals surface area contributed by atoms with Crippen molar-refractivity contribution in [2.45, 2.75) is 18.7 Å². The molecule has 4 heteroatoms. The van der Waals surface area contributed by atoms with E-state index in [2.05, 4.69) is 21.7 Å². The molecule has 2 aromatic carbocycles. The van der Waals surface area contributed by atoms with Gasteiger partial charge >= 0.3 is 0 Å². The molecule has 0 saturated heterocycles. The molecular formula is C17H15BrO2S. The van der Waals surface area contributed by atoms with Crippen molar-refractivity contribution in [3.8, 4) is 0 Å². The zero-order valence-electron chi connectivity index (χ0n) is 11.8. The number of halogens is 1. The maximum absolute atomic E-state index is 12.8. The summed E-state index contributed by atoms with van der Waals surface area (Å²) in [5.74, 6) is 0. The normalized spacial score (nSPS) is 10.8. The third-order valence-electron chi connectivity index (χ3n) is 2.98. The van der Waals surface area contributed by atoms with Gasteiger partial charge in [-0.2, -0.15) is 0 Å². The van der Waals surface area contributed by atoms with E-state index in [-0.39, 0.29) is 9.80 Å². The predicted molar refractivity (Wildman–Crippen MR) is 89.7 cm³/mol. The molecule has 21 heavy (non-hydrogen) atoms. The Kier molecular flexibility index (Phi) is 4.84. The quantitative estimate of drug-likeness (QED) is 0.738. The summed E-state index contributed by atoms with van der Waals surface area (Å²) in [5.41, 5.74) is 4.50. The fraction of sp³-hybridized carbons (Fsp3) is 0.118. The molecule has 0 spiro atoms. The standard InChI is InChI=1S/C17H15BrO2S/c1-3-4-17(14-7-9-15(18)10-8-14)21(19,20)16-11-5-13(2)6-12-16/h3,5-12H,1-2H3. The second-order valence-corrected chi connectivity index (χ2v) is 7.39. The van der Waals surface area contributed by atoms with E-state index in [1.54, 1.807) is 49.4 Å². The van der Waals surface area contributed by atoms with Gasteiger partial charge < -0.3 is 0 Å². The Hall–Kier alpha value is -1.61. The summed E-state index contributed by atoms with van der Waals surface area (Å²) in [5, 5.41) is 0. The number of allylic oxidation sites excluding steroid dienone is 1. The van der Waals surface area contributed by atoms with Gasteiger partial charge in [0.05, 0.1) is 4.90 Å². The van der Waals surface area contributed by atoms with Crippen LogP contribution in [0.4, 0.5) is 0 Å². The smallest absolute Gasteiger partial charge is 0.214 e. The fourth-order valence-corrected chi connectivity index (χ4v) is 3.60. The zero-order chi connectivity index (χ0) is 15.5. The monoisotopic (exact) mass is 362 g/mol. The number of benzene rings is 2. The fourth-order valence-electron chi connectivity index (χ4n) is 1.88. The van der Waals surface area contributed by atoms with Crippen molar-refractivity contribution in [3.05, 3.63) is 75.9 Å². The van der Waals surface area contributed by atoms with Crippen LogP contribution < -0.4 is 0 Å². The van der Waals surface area contributed by atoms with Crippen molar-refractivity contribution in [3.63, 3.8) is 0 Å². The topological polar surface area (TPSA) is 34.1 Å². The minimum atomic E-state index is -3.59. The predicted octanol–water partition coefficient (Wildman–Crippen LogP) is 4.75. The van der Waals surface area contributed by atoms with E-state index in [0.29, 0.717) is 5.56 Å². The average molecular weight is 363 g/mol. The van der Waals surface area contributed by atoms with Gasteiger partial charge in [0.2, 0.25) is 9.84 Å². The van der Waals surface area contributed by atoms with Gasteiger partial charge in [-0.1, -0.05) is 45.8 Å². The molecule has 0 unspecified atom stereocenters. The zero-order valence-corrected chi connectivity index (χ0v) is 14.2. The van der Waals surface area contributed by atoms with Crippen LogP contribution in [0, 0.1) is 6.92 Å². The molecule has 0 saturated carbocycles. The molecule has 0 amide bonds. The van der Waals surface area contributed by atoms with Crippen LogP contribution in [0.15, 0.2) is 69.7 Å². The van der Waals surface area contributed by atoms with Crippen molar-refractivity contribution in [1.29, 1.82) is 0 Å². The second-order valence-electron chi connectivity index (χ2n) is 4.59. The van der Waals surface area contributed by atoms with Crippen molar-refractivity contribution in [1.82, 2.24) is 0 Å². The van der Waals surface area contributed by atoms with E-state index < -0.39 is 9.84 Å². The largest absolute Gasteiger partial charge is 0.218 e. The van der Waals surface area contributed by atoms with Gasteiger partial charge in [0.1, 0.15) is 4.91 Å². The van der Waals surface area contributed by atoms with Crippen LogP contribution in [-0.4, -0.2) is 8.42 Å². The number of hydrogen-bond acceptors (Lipinski definition) is 2. The van der Waals surface area contributed by atoms with Crippen LogP contribution in [0.2, 0.25) is 0 Å². The summed E-state index contributed by atoms with van der Waals surface area (Å²) in [6.45, 7) is 3.68. The maximum atomic E-state index is 12.8. The lowest BCUT2D eigenvalue weighted by Crippen LogP contribution is -2.03. The SMILES string of the molecule is CC=C=C(c1ccc(Br)cc1)S(=O)(=O)c1ccc(C)cc1. The molecule has 0 aliphatic carbocycles. The summed E-state index contributed by atoms with van der Waals surface area (Å²) in [4.78, 5) is 0.460. The summed E-state index contributed by atoms with van der Waals surface area (Å²) in [6, 6.07) is 14.0. The van der Waals surface area contributed by atoms with Gasteiger partial charge in [-0.3, -0.25) is 0 Å². The van der Waals surface area contributed by atoms with Gasteiger partial charge in [0.15, 0.2) is 0 Å². The molecule has 2 aromatic rings. The average Bonchev–Trinajstić information content (AvgIpc) is 2.46. The van der Waals surface area contributed by atoms with Gasteiger partial charge in [-0.05, 0) is 44.2 Å². The molecule has 0 heterocycles. The maximum Gasteiger partial charge on any atom is 0.214 e. The molecule has 0 N–H and O–H groups in total. The minimum Gasteiger partial charge on any atom is -0.218 e. The molecule has 0 aliphatic heterocycles. The molecule has 0 aromatic heterocycles. The Morgan fingerprint density at radius 1 is 1.05 bits per heavy atom. The molecule has 0 radical (unpaired) electrons. The van der Waals surface area contributed by atoms with Gasteiger partial charge in [0.25, 0.3) is 0 Å². The first kappa shape index (κ1) is 15.8. The van der Waals surface area contributed by atoms with Crippen LogP contribution in [0.5, 0.6) is 0 Å². The number of sulfone groups is 1. The van der Waals surface area contributed by atoms with Crippen molar-refractivity contribution >= 4 is 30.7 Å². The third kappa shape index (κ3) is 3.53. The number of hydrogen-bond donors (Lipinski definition) is 0. The molecule has 0 bridgehead atoms. The highest BCUT2D eigenvalue weighted by Crippen LogP contribution is 2.28. The Labute approximate surface area is 133 Å². The lowest BCUT2D eigenvalue weighted by molar-refractivity contribution is 0.606. The molecule has 0 atom stereocenters. The van der Waals surface area contributed by atoms with E-state index in [9.17, 15) is 8.42 Å². The Morgan fingerprint density at radius 2 is 1.62 bits per heavy atom. The highest BCUT2D eigenvalue weighted by atomic mass is 79.9. The Morgan fingerprint density at radius 3 is 2.14 bits per heavy atom. The molecule has 0 fully saturated rings. The molecule has 108 valence electrons. The molecule has 2 nitrogen and oxygen atoms in total. The lowest BCUT2D eigenvalue weighted by Gasteiger charge is -2.08. The van der Waals surface area contributed by atoms with Gasteiger partial charge in [0, 0.05) is 10.0 Å². The van der Waals surface area contributed by atoms with E-state index in [1.807, 2.05) is 19.1 Å². The Balaban J connectivity index is 2.60. The Bertz CT molecular complexity index is 795. The van der Waals surface area contributed by atoms with Crippen molar-refractivity contribution < 1.29 is 8.42 Å². The van der Waals surface area contributed by atoms with Crippen LogP contribution in [0.1, 0.15) is 18.1 Å².